The van der Waals surface area contributed by atoms with E-state index in [1.54, 1.807) is 0 Å². The number of carbonyl (C=O) groups is 1. The average Bonchev–Trinajstić information content (AvgIpc) is 2.87. The number of likely N-dealkylation sites (tertiary alicyclic amines) is 1. The van der Waals surface area contributed by atoms with Crippen LogP contribution in [0.4, 0.5) is 4.79 Å². The van der Waals surface area contributed by atoms with Crippen LogP contribution in [-0.4, -0.2) is 41.0 Å². The van der Waals surface area contributed by atoms with Gasteiger partial charge in [0.15, 0.2) is 0 Å². The van der Waals surface area contributed by atoms with Crippen molar-refractivity contribution in [3.8, 4) is 0 Å². The Morgan fingerprint density at radius 2 is 1.54 bits per heavy atom. The molecule has 0 unspecified atom stereocenters. The summed E-state index contributed by atoms with van der Waals surface area (Å²) in [7, 11) is 0. The van der Waals surface area contributed by atoms with Crippen LogP contribution >= 0.6 is 0 Å². The molecule has 2 fully saturated rings. The topological polar surface area (TPSA) is 49.6 Å². The van der Waals surface area contributed by atoms with Crippen LogP contribution in [0.3, 0.4) is 0 Å². The fourth-order valence-electron chi connectivity index (χ4n) is 4.39. The van der Waals surface area contributed by atoms with E-state index in [4.69, 9.17) is 5.73 Å². The number of hydrogen-bond acceptors (Lipinski definition) is 2. The summed E-state index contributed by atoms with van der Waals surface area (Å²) >= 11 is 0. The third-order valence-corrected chi connectivity index (χ3v) is 5.67. The van der Waals surface area contributed by atoms with Crippen LogP contribution < -0.4 is 5.73 Å². The summed E-state index contributed by atoms with van der Waals surface area (Å²) < 4.78 is 0. The highest BCUT2D eigenvalue weighted by Crippen LogP contribution is 2.27. The normalized spacial score (nSPS) is 21.3. The fraction of sp³-hybridized carbons (Fsp3) is 0.650. The van der Waals surface area contributed by atoms with E-state index in [0.717, 1.165) is 45.3 Å². The number of hydrogen-bond donors (Lipinski definition) is 1. The Morgan fingerprint density at radius 1 is 0.958 bits per heavy atom. The lowest BCUT2D eigenvalue weighted by atomic mass is 9.98. The molecule has 1 heterocycles. The number of nitrogens with zero attached hydrogens (tertiary/aromatic N) is 2. The van der Waals surface area contributed by atoms with Crippen LogP contribution in [0, 0.1) is 0 Å². The van der Waals surface area contributed by atoms with Gasteiger partial charge in [0.05, 0.1) is 0 Å². The van der Waals surface area contributed by atoms with Crippen molar-refractivity contribution in [3.05, 3.63) is 35.9 Å². The number of carbonyl (C=O) groups excluding carboxylic acids is 1. The molecule has 2 amide bonds. The maximum absolute atomic E-state index is 12.1. The van der Waals surface area contributed by atoms with Gasteiger partial charge >= 0.3 is 6.03 Å². The Balaban J connectivity index is 1.56. The molecule has 2 aliphatic rings. The van der Waals surface area contributed by atoms with Gasteiger partial charge in [-0.15, -0.1) is 0 Å². The summed E-state index contributed by atoms with van der Waals surface area (Å²) in [6.07, 6.45) is 9.44. The Hall–Kier alpha value is -1.55. The largest absolute Gasteiger partial charge is 0.351 e. The molecule has 24 heavy (non-hydrogen) atoms. The number of rotatable bonds is 4. The van der Waals surface area contributed by atoms with Crippen molar-refractivity contribution in [2.24, 2.45) is 5.73 Å². The number of amides is 2. The molecule has 0 atom stereocenters. The average molecular weight is 329 g/mol. The summed E-state index contributed by atoms with van der Waals surface area (Å²) in [4.78, 5) is 16.7. The van der Waals surface area contributed by atoms with E-state index in [0.29, 0.717) is 12.1 Å². The predicted octanol–water partition coefficient (Wildman–Crippen LogP) is 3.75. The molecule has 3 rings (SSSR count). The van der Waals surface area contributed by atoms with Crippen molar-refractivity contribution in [3.63, 3.8) is 0 Å². The number of urea groups is 1. The second-order valence-electron chi connectivity index (χ2n) is 7.38. The van der Waals surface area contributed by atoms with E-state index in [2.05, 4.69) is 35.2 Å². The van der Waals surface area contributed by atoms with Crippen LogP contribution in [0.2, 0.25) is 0 Å². The summed E-state index contributed by atoms with van der Waals surface area (Å²) in [5.74, 6) is 0. The number of nitrogens with two attached hydrogens (primary N) is 1. The van der Waals surface area contributed by atoms with Crippen molar-refractivity contribution in [1.82, 2.24) is 9.80 Å². The molecule has 4 nitrogen and oxygen atoms in total. The van der Waals surface area contributed by atoms with Gasteiger partial charge in [0.1, 0.15) is 0 Å². The first-order valence-corrected chi connectivity index (χ1v) is 9.58. The standard InChI is InChI=1S/C20H31N3O/c21-20(24)23(18-10-6-1-2-7-11-18)19-12-14-22(15-13-19)16-17-8-4-3-5-9-17/h3-5,8-9,18-19H,1-2,6-7,10-16H2,(H2,21,24). The number of primary amides is 1. The molecule has 1 saturated carbocycles. The van der Waals surface area contributed by atoms with E-state index >= 15 is 0 Å². The molecular weight excluding hydrogens is 298 g/mol. The summed E-state index contributed by atoms with van der Waals surface area (Å²) in [5, 5.41) is 0. The lowest BCUT2D eigenvalue weighted by Crippen LogP contribution is -2.53. The monoisotopic (exact) mass is 329 g/mol. The molecular formula is C20H31N3O. The summed E-state index contributed by atoms with van der Waals surface area (Å²) in [6.45, 7) is 3.11. The fourth-order valence-corrected chi connectivity index (χ4v) is 4.39. The van der Waals surface area contributed by atoms with Gasteiger partial charge in [-0.05, 0) is 31.2 Å². The van der Waals surface area contributed by atoms with Crippen molar-refractivity contribution >= 4 is 6.03 Å². The van der Waals surface area contributed by atoms with Crippen LogP contribution in [0.1, 0.15) is 56.9 Å². The molecule has 0 radical (unpaired) electrons. The molecule has 1 aliphatic carbocycles. The molecule has 0 bridgehead atoms. The Bertz CT molecular complexity index is 503. The molecule has 4 heteroatoms. The van der Waals surface area contributed by atoms with Gasteiger partial charge in [0, 0.05) is 31.7 Å². The smallest absolute Gasteiger partial charge is 0.315 e. The molecule has 1 aromatic carbocycles. The number of benzene rings is 1. The van der Waals surface area contributed by atoms with Gasteiger partial charge in [0.25, 0.3) is 0 Å². The quantitative estimate of drug-likeness (QED) is 0.855. The van der Waals surface area contributed by atoms with Gasteiger partial charge in [-0.1, -0.05) is 56.0 Å². The minimum Gasteiger partial charge on any atom is -0.351 e. The van der Waals surface area contributed by atoms with Crippen LogP contribution in [0.5, 0.6) is 0 Å². The summed E-state index contributed by atoms with van der Waals surface area (Å²) in [6, 6.07) is 11.1. The third-order valence-electron chi connectivity index (χ3n) is 5.67. The highest BCUT2D eigenvalue weighted by molar-refractivity contribution is 5.72. The highest BCUT2D eigenvalue weighted by Gasteiger charge is 2.32. The van der Waals surface area contributed by atoms with Gasteiger partial charge in [-0.3, -0.25) is 4.90 Å². The summed E-state index contributed by atoms with van der Waals surface area (Å²) in [5.41, 5.74) is 7.15. The molecule has 132 valence electrons. The molecule has 1 aliphatic heterocycles. The van der Waals surface area contributed by atoms with Crippen LogP contribution in [-0.2, 0) is 6.54 Å². The highest BCUT2D eigenvalue weighted by atomic mass is 16.2. The zero-order valence-electron chi connectivity index (χ0n) is 14.7. The Kier molecular flexibility index (Phi) is 6.13. The van der Waals surface area contributed by atoms with Gasteiger partial charge in [0.2, 0.25) is 0 Å². The first-order chi connectivity index (χ1) is 11.7. The van der Waals surface area contributed by atoms with Gasteiger partial charge in [-0.2, -0.15) is 0 Å². The Morgan fingerprint density at radius 3 is 2.12 bits per heavy atom. The minimum absolute atomic E-state index is 0.205. The third kappa shape index (κ3) is 4.50. The maximum Gasteiger partial charge on any atom is 0.315 e. The van der Waals surface area contributed by atoms with Crippen molar-refractivity contribution < 1.29 is 4.79 Å². The van der Waals surface area contributed by atoms with Crippen molar-refractivity contribution in [1.29, 1.82) is 0 Å². The Labute approximate surface area is 146 Å². The van der Waals surface area contributed by atoms with Gasteiger partial charge < -0.3 is 10.6 Å². The van der Waals surface area contributed by atoms with Crippen molar-refractivity contribution in [2.75, 3.05) is 13.1 Å². The second-order valence-corrected chi connectivity index (χ2v) is 7.38. The first-order valence-electron chi connectivity index (χ1n) is 9.58. The van der Waals surface area contributed by atoms with E-state index < -0.39 is 0 Å². The molecule has 0 aromatic heterocycles. The van der Waals surface area contributed by atoms with Crippen LogP contribution in [0.25, 0.3) is 0 Å². The second kappa shape index (κ2) is 8.52. The lowest BCUT2D eigenvalue weighted by molar-refractivity contribution is 0.0909. The zero-order valence-corrected chi connectivity index (χ0v) is 14.7. The van der Waals surface area contributed by atoms with E-state index in [-0.39, 0.29) is 6.03 Å². The zero-order chi connectivity index (χ0) is 16.8. The van der Waals surface area contributed by atoms with E-state index in [9.17, 15) is 4.79 Å². The SMILES string of the molecule is NC(=O)N(C1CCCCCC1)C1CCN(Cc2ccccc2)CC1. The molecule has 1 aromatic rings. The number of piperidine rings is 1. The van der Waals surface area contributed by atoms with Crippen molar-refractivity contribution in [2.45, 2.75) is 70.0 Å². The molecule has 0 spiro atoms. The lowest BCUT2D eigenvalue weighted by Gasteiger charge is -2.41. The van der Waals surface area contributed by atoms with Gasteiger partial charge in [-0.25, -0.2) is 4.79 Å². The van der Waals surface area contributed by atoms with E-state index in [1.807, 2.05) is 4.90 Å². The minimum atomic E-state index is -0.205. The first kappa shape index (κ1) is 17.3. The van der Waals surface area contributed by atoms with E-state index in [1.165, 1.54) is 31.2 Å². The maximum atomic E-state index is 12.1. The molecule has 1 saturated heterocycles. The molecule has 2 N–H and O–H groups in total. The predicted molar refractivity (Wildman–Crippen MR) is 97.7 cm³/mol. The van der Waals surface area contributed by atoms with Crippen LogP contribution in [0.15, 0.2) is 30.3 Å².